The maximum atomic E-state index is 15.2. The first-order chi connectivity index (χ1) is 11.6. The van der Waals surface area contributed by atoms with E-state index >= 15 is 4.39 Å². The van der Waals surface area contributed by atoms with Gasteiger partial charge in [-0.25, -0.2) is 9.07 Å². The molecule has 1 saturated heterocycles. The maximum absolute atomic E-state index is 15.2. The molecule has 0 N–H and O–H groups in total. The highest BCUT2D eigenvalue weighted by molar-refractivity contribution is 14.1. The standard InChI is InChI=1S/C18H26FIN2O2Si/c1-18(2,3)25(4,5)24-13-10-9-12-15(16(13)19)17(20)21-22(12)14-8-6-7-11-23-14/h9-10,14H,6-8,11H2,1-5H3. The quantitative estimate of drug-likeness (QED) is 0.411. The highest BCUT2D eigenvalue weighted by atomic mass is 127. The fourth-order valence-electron chi connectivity index (χ4n) is 2.78. The summed E-state index contributed by atoms with van der Waals surface area (Å²) in [7, 11) is -2.10. The summed E-state index contributed by atoms with van der Waals surface area (Å²) in [6, 6.07) is 3.66. The Kier molecular flexibility index (Phi) is 5.20. The number of hydrogen-bond acceptors (Lipinski definition) is 3. The van der Waals surface area contributed by atoms with Crippen molar-refractivity contribution in [2.45, 2.75) is 64.4 Å². The highest BCUT2D eigenvalue weighted by Gasteiger charge is 2.39. The van der Waals surface area contributed by atoms with Crippen molar-refractivity contribution in [3.63, 3.8) is 0 Å². The molecule has 0 saturated carbocycles. The van der Waals surface area contributed by atoms with Crippen LogP contribution in [-0.2, 0) is 4.74 Å². The Morgan fingerprint density at radius 2 is 2.04 bits per heavy atom. The summed E-state index contributed by atoms with van der Waals surface area (Å²) < 4.78 is 29.7. The summed E-state index contributed by atoms with van der Waals surface area (Å²) in [5.41, 5.74) is 0.774. The Morgan fingerprint density at radius 3 is 2.64 bits per heavy atom. The van der Waals surface area contributed by atoms with E-state index in [1.165, 1.54) is 0 Å². The third kappa shape index (κ3) is 3.59. The summed E-state index contributed by atoms with van der Waals surface area (Å²) >= 11 is 2.10. The van der Waals surface area contributed by atoms with Crippen molar-refractivity contribution < 1.29 is 13.6 Å². The first kappa shape index (κ1) is 19.1. The molecule has 7 heteroatoms. The van der Waals surface area contributed by atoms with Gasteiger partial charge in [-0.2, -0.15) is 5.10 Å². The molecule has 25 heavy (non-hydrogen) atoms. The van der Waals surface area contributed by atoms with Gasteiger partial charge in [-0.05, 0) is 72.1 Å². The largest absolute Gasteiger partial charge is 0.542 e. The molecule has 1 unspecified atom stereocenters. The van der Waals surface area contributed by atoms with Gasteiger partial charge in [0.05, 0.1) is 10.9 Å². The van der Waals surface area contributed by atoms with E-state index < -0.39 is 8.32 Å². The number of benzene rings is 1. The van der Waals surface area contributed by atoms with Crippen molar-refractivity contribution in [1.82, 2.24) is 9.78 Å². The Hall–Kier alpha value is -0.673. The Morgan fingerprint density at radius 1 is 1.32 bits per heavy atom. The molecule has 0 amide bonds. The lowest BCUT2D eigenvalue weighted by Crippen LogP contribution is -2.44. The minimum atomic E-state index is -2.10. The topological polar surface area (TPSA) is 36.3 Å². The maximum Gasteiger partial charge on any atom is 0.250 e. The number of aromatic nitrogens is 2. The van der Waals surface area contributed by atoms with E-state index in [9.17, 15) is 0 Å². The average molecular weight is 476 g/mol. The fourth-order valence-corrected chi connectivity index (χ4v) is 4.53. The molecular weight excluding hydrogens is 450 g/mol. The average Bonchev–Trinajstić information content (AvgIpc) is 2.87. The van der Waals surface area contributed by atoms with E-state index in [-0.39, 0.29) is 17.1 Å². The number of fused-ring (bicyclic) bond motifs is 1. The van der Waals surface area contributed by atoms with Gasteiger partial charge < -0.3 is 9.16 Å². The zero-order valence-electron chi connectivity index (χ0n) is 15.5. The van der Waals surface area contributed by atoms with Crippen molar-refractivity contribution in [3.8, 4) is 5.75 Å². The van der Waals surface area contributed by atoms with Crippen molar-refractivity contribution in [2.75, 3.05) is 6.61 Å². The second kappa shape index (κ2) is 6.81. The number of rotatable bonds is 3. The Bertz CT molecular complexity index is 779. The second-order valence-electron chi connectivity index (χ2n) is 8.19. The van der Waals surface area contributed by atoms with Gasteiger partial charge in [0.2, 0.25) is 0 Å². The van der Waals surface area contributed by atoms with Crippen LogP contribution in [0.15, 0.2) is 12.1 Å². The van der Waals surface area contributed by atoms with Gasteiger partial charge in [-0.3, -0.25) is 0 Å². The molecule has 1 atom stereocenters. The van der Waals surface area contributed by atoms with Gasteiger partial charge in [-0.15, -0.1) is 0 Å². The monoisotopic (exact) mass is 476 g/mol. The minimum Gasteiger partial charge on any atom is -0.542 e. The van der Waals surface area contributed by atoms with Crippen LogP contribution in [0.1, 0.15) is 46.3 Å². The smallest absolute Gasteiger partial charge is 0.250 e. The van der Waals surface area contributed by atoms with Crippen LogP contribution in [-0.4, -0.2) is 24.7 Å². The van der Waals surface area contributed by atoms with Gasteiger partial charge in [0.15, 0.2) is 12.0 Å². The Labute approximate surface area is 163 Å². The molecule has 4 nitrogen and oxygen atoms in total. The molecule has 1 aromatic heterocycles. The second-order valence-corrected chi connectivity index (χ2v) is 13.9. The van der Waals surface area contributed by atoms with E-state index in [0.29, 0.717) is 14.8 Å². The third-order valence-electron chi connectivity index (χ3n) is 5.33. The van der Waals surface area contributed by atoms with Crippen LogP contribution in [0.3, 0.4) is 0 Å². The summed E-state index contributed by atoms with van der Waals surface area (Å²) in [4.78, 5) is 0. The molecule has 3 rings (SSSR count). The van der Waals surface area contributed by atoms with Crippen LogP contribution in [0, 0.1) is 9.52 Å². The normalized spacial score (nSPS) is 19.4. The predicted molar refractivity (Wildman–Crippen MR) is 109 cm³/mol. The van der Waals surface area contributed by atoms with Gasteiger partial charge >= 0.3 is 0 Å². The lowest BCUT2D eigenvalue weighted by atomic mass is 10.2. The Balaban J connectivity index is 2.02. The number of ether oxygens (including phenoxy) is 1. The zero-order valence-corrected chi connectivity index (χ0v) is 18.7. The summed E-state index contributed by atoms with van der Waals surface area (Å²) in [5, 5.41) is 5.10. The molecule has 1 aromatic carbocycles. The molecule has 2 aromatic rings. The molecule has 138 valence electrons. The van der Waals surface area contributed by atoms with Crippen LogP contribution in [0.2, 0.25) is 18.1 Å². The number of nitrogens with zero attached hydrogens (tertiary/aromatic N) is 2. The summed E-state index contributed by atoms with van der Waals surface area (Å²) in [6.45, 7) is 11.4. The minimum absolute atomic E-state index is 0.0155. The van der Waals surface area contributed by atoms with E-state index in [1.54, 1.807) is 6.07 Å². The number of hydrogen-bond donors (Lipinski definition) is 0. The van der Waals surface area contributed by atoms with Crippen molar-refractivity contribution in [1.29, 1.82) is 0 Å². The summed E-state index contributed by atoms with van der Waals surface area (Å²) in [5.74, 6) is 0.0231. The molecule has 0 radical (unpaired) electrons. The molecular formula is C18H26FIN2O2Si. The van der Waals surface area contributed by atoms with Gasteiger partial charge in [0.1, 0.15) is 9.45 Å². The van der Waals surface area contributed by atoms with E-state index in [4.69, 9.17) is 9.16 Å². The van der Waals surface area contributed by atoms with Crippen LogP contribution < -0.4 is 4.43 Å². The fraction of sp³-hybridized carbons (Fsp3) is 0.611. The third-order valence-corrected chi connectivity index (χ3v) is 10.4. The first-order valence-electron chi connectivity index (χ1n) is 8.78. The van der Waals surface area contributed by atoms with E-state index in [2.05, 4.69) is 61.6 Å². The molecule has 1 aliphatic heterocycles. The van der Waals surface area contributed by atoms with Crippen LogP contribution in [0.25, 0.3) is 10.9 Å². The number of halogens is 2. The van der Waals surface area contributed by atoms with Crippen LogP contribution >= 0.6 is 22.6 Å². The van der Waals surface area contributed by atoms with Gasteiger partial charge in [0.25, 0.3) is 8.32 Å². The van der Waals surface area contributed by atoms with Crippen molar-refractivity contribution >= 4 is 41.8 Å². The molecule has 0 spiro atoms. The van der Waals surface area contributed by atoms with Gasteiger partial charge in [0, 0.05) is 6.61 Å². The summed E-state index contributed by atoms with van der Waals surface area (Å²) in [6.07, 6.45) is 2.99. The van der Waals surface area contributed by atoms with E-state index in [0.717, 1.165) is 31.4 Å². The van der Waals surface area contributed by atoms with Crippen LogP contribution in [0.4, 0.5) is 4.39 Å². The first-order valence-corrected chi connectivity index (χ1v) is 12.8. The van der Waals surface area contributed by atoms with E-state index in [1.807, 2.05) is 10.7 Å². The predicted octanol–water partition coefficient (Wildman–Crippen LogP) is 5.86. The SMILES string of the molecule is CC(C)(C)[Si](C)(C)Oc1ccc2c(c(I)nn2C2CCCCO2)c1F. The molecule has 1 fully saturated rings. The molecule has 2 heterocycles. The molecule has 0 aliphatic carbocycles. The highest BCUT2D eigenvalue weighted by Crippen LogP contribution is 2.40. The van der Waals surface area contributed by atoms with Gasteiger partial charge in [-0.1, -0.05) is 20.8 Å². The molecule has 1 aliphatic rings. The lowest BCUT2D eigenvalue weighted by molar-refractivity contribution is -0.0368. The molecule has 0 bridgehead atoms. The van der Waals surface area contributed by atoms with Crippen LogP contribution in [0.5, 0.6) is 5.75 Å². The zero-order chi connectivity index (χ0) is 18.4. The van der Waals surface area contributed by atoms with Crippen molar-refractivity contribution in [3.05, 3.63) is 21.7 Å². The lowest BCUT2D eigenvalue weighted by Gasteiger charge is -2.36. The van der Waals surface area contributed by atoms with Crippen molar-refractivity contribution in [2.24, 2.45) is 0 Å².